The summed E-state index contributed by atoms with van der Waals surface area (Å²) >= 11 is 15.7. The third-order valence-corrected chi connectivity index (χ3v) is 4.77. The van der Waals surface area contributed by atoms with E-state index in [2.05, 4.69) is 39.6 Å². The molecule has 2 N–H and O–H groups in total. The van der Waals surface area contributed by atoms with E-state index >= 15 is 0 Å². The average Bonchev–Trinajstić information content (AvgIpc) is 2.58. The van der Waals surface area contributed by atoms with E-state index < -0.39 is 0 Å². The molecule has 0 bridgehead atoms. The summed E-state index contributed by atoms with van der Waals surface area (Å²) in [5.41, 5.74) is 2.03. The summed E-state index contributed by atoms with van der Waals surface area (Å²) in [6.45, 7) is 6.28. The van der Waals surface area contributed by atoms with Gasteiger partial charge in [0.1, 0.15) is 12.4 Å². The number of ether oxygens (including phenoxy) is 1. The van der Waals surface area contributed by atoms with Gasteiger partial charge < -0.3 is 15.4 Å². The van der Waals surface area contributed by atoms with E-state index in [1.54, 1.807) is 6.07 Å². The fourth-order valence-corrected chi connectivity index (χ4v) is 3.23. The van der Waals surface area contributed by atoms with Crippen LogP contribution in [-0.4, -0.2) is 19.6 Å². The van der Waals surface area contributed by atoms with Crippen LogP contribution in [-0.2, 0) is 13.2 Å². The molecule has 0 spiro atoms. The topological polar surface area (TPSA) is 33.3 Å². The van der Waals surface area contributed by atoms with Gasteiger partial charge in [0.25, 0.3) is 0 Å². The molecule has 136 valence electrons. The van der Waals surface area contributed by atoms with Gasteiger partial charge in [-0.1, -0.05) is 52.1 Å². The van der Waals surface area contributed by atoms with E-state index in [1.165, 1.54) is 0 Å². The summed E-state index contributed by atoms with van der Waals surface area (Å²) in [4.78, 5) is 0. The Kier molecular flexibility index (Phi) is 9.07. The Morgan fingerprint density at radius 2 is 1.80 bits per heavy atom. The molecular weight excluding hydrogens is 423 g/mol. The van der Waals surface area contributed by atoms with Crippen LogP contribution in [0.2, 0.25) is 10.0 Å². The van der Waals surface area contributed by atoms with Crippen LogP contribution < -0.4 is 15.4 Å². The Morgan fingerprint density at radius 3 is 2.56 bits per heavy atom. The number of hydrogen-bond acceptors (Lipinski definition) is 3. The van der Waals surface area contributed by atoms with Crippen molar-refractivity contribution in [3.63, 3.8) is 0 Å². The number of rotatable bonds is 10. The van der Waals surface area contributed by atoms with E-state index in [0.29, 0.717) is 16.7 Å². The van der Waals surface area contributed by atoms with Gasteiger partial charge in [0.2, 0.25) is 0 Å². The van der Waals surface area contributed by atoms with Gasteiger partial charge in [-0.2, -0.15) is 0 Å². The van der Waals surface area contributed by atoms with Crippen molar-refractivity contribution in [1.82, 2.24) is 10.6 Å². The summed E-state index contributed by atoms with van der Waals surface area (Å²) in [5, 5.41) is 8.03. The first kappa shape index (κ1) is 20.5. The summed E-state index contributed by atoms with van der Waals surface area (Å²) in [6.07, 6.45) is 1.10. The molecule has 0 aliphatic heterocycles. The van der Waals surface area contributed by atoms with Crippen LogP contribution in [0.1, 0.15) is 24.5 Å². The molecule has 0 unspecified atom stereocenters. The Labute approximate surface area is 168 Å². The highest BCUT2D eigenvalue weighted by Gasteiger charge is 2.07. The van der Waals surface area contributed by atoms with Gasteiger partial charge in [-0.15, -0.1) is 0 Å². The molecule has 0 aliphatic carbocycles. The Bertz CT molecular complexity index is 682. The maximum atomic E-state index is 6.21. The lowest BCUT2D eigenvalue weighted by Crippen LogP contribution is -2.21. The van der Waals surface area contributed by atoms with Crippen LogP contribution in [0.15, 0.2) is 40.9 Å². The summed E-state index contributed by atoms with van der Waals surface area (Å²) in [7, 11) is 0. The Hall–Kier alpha value is -0.780. The van der Waals surface area contributed by atoms with Crippen LogP contribution in [0.4, 0.5) is 0 Å². The van der Waals surface area contributed by atoms with Crippen LogP contribution in [0, 0.1) is 0 Å². The lowest BCUT2D eigenvalue weighted by atomic mass is 10.2. The molecule has 0 aliphatic rings. The van der Waals surface area contributed by atoms with Gasteiger partial charge >= 0.3 is 0 Å². The average molecular weight is 446 g/mol. The molecule has 0 aromatic heterocycles. The Balaban J connectivity index is 1.93. The fourth-order valence-electron chi connectivity index (χ4n) is 2.36. The Morgan fingerprint density at radius 1 is 1.00 bits per heavy atom. The molecule has 0 atom stereocenters. The van der Waals surface area contributed by atoms with Crippen molar-refractivity contribution in [3.05, 3.63) is 62.0 Å². The molecule has 3 nitrogen and oxygen atoms in total. The first-order valence-corrected chi connectivity index (χ1v) is 9.91. The number of halogens is 3. The minimum atomic E-state index is 0.408. The van der Waals surface area contributed by atoms with Gasteiger partial charge in [-0.25, -0.2) is 0 Å². The monoisotopic (exact) mass is 444 g/mol. The highest BCUT2D eigenvalue weighted by Crippen LogP contribution is 2.26. The number of nitrogens with one attached hydrogen (secondary N) is 2. The predicted molar refractivity (Wildman–Crippen MR) is 110 cm³/mol. The molecule has 25 heavy (non-hydrogen) atoms. The molecule has 2 aromatic rings. The third kappa shape index (κ3) is 7.16. The largest absolute Gasteiger partial charge is 0.489 e. The minimum Gasteiger partial charge on any atom is -0.489 e. The quantitative estimate of drug-likeness (QED) is 0.478. The van der Waals surface area contributed by atoms with Crippen molar-refractivity contribution in [2.75, 3.05) is 19.6 Å². The van der Waals surface area contributed by atoms with E-state index in [4.69, 9.17) is 27.9 Å². The van der Waals surface area contributed by atoms with E-state index in [0.717, 1.165) is 53.9 Å². The lowest BCUT2D eigenvalue weighted by molar-refractivity contribution is 0.302. The highest BCUT2D eigenvalue weighted by atomic mass is 79.9. The van der Waals surface area contributed by atoms with E-state index in [9.17, 15) is 0 Å². The van der Waals surface area contributed by atoms with Crippen molar-refractivity contribution in [3.8, 4) is 5.75 Å². The third-order valence-electron chi connectivity index (χ3n) is 3.69. The van der Waals surface area contributed by atoms with Gasteiger partial charge in [0.15, 0.2) is 0 Å². The summed E-state index contributed by atoms with van der Waals surface area (Å²) in [5.74, 6) is 0.855. The zero-order chi connectivity index (χ0) is 18.1. The first-order valence-electron chi connectivity index (χ1n) is 8.36. The van der Waals surface area contributed by atoms with Crippen LogP contribution in [0.3, 0.4) is 0 Å². The first-order chi connectivity index (χ1) is 12.1. The molecule has 0 radical (unpaired) electrons. The zero-order valence-electron chi connectivity index (χ0n) is 14.2. The molecule has 0 amide bonds. The molecule has 0 saturated carbocycles. The second kappa shape index (κ2) is 11.0. The fraction of sp³-hybridized carbons (Fsp3) is 0.368. The molecular formula is C19H23BrCl2N2O. The molecule has 6 heteroatoms. The number of benzene rings is 2. The SMILES string of the molecule is CCNCCCNCc1cc(Br)ccc1OCc1ccc(Cl)cc1Cl. The standard InChI is InChI=1S/C19H23BrCl2N2O/c1-2-23-8-3-9-24-12-15-10-16(20)5-7-19(15)25-13-14-4-6-17(21)11-18(14)22/h4-7,10-11,23-24H,2-3,8-9,12-13H2,1H3. The zero-order valence-corrected chi connectivity index (χ0v) is 17.3. The molecule has 2 rings (SSSR count). The smallest absolute Gasteiger partial charge is 0.124 e. The lowest BCUT2D eigenvalue weighted by Gasteiger charge is -2.14. The predicted octanol–water partition coefficient (Wildman–Crippen LogP) is 5.42. The van der Waals surface area contributed by atoms with Gasteiger partial charge in [-0.3, -0.25) is 0 Å². The molecule has 0 saturated heterocycles. The minimum absolute atomic E-state index is 0.408. The van der Waals surface area contributed by atoms with Crippen molar-refractivity contribution in [2.24, 2.45) is 0 Å². The van der Waals surface area contributed by atoms with Crippen LogP contribution in [0.25, 0.3) is 0 Å². The second-order valence-corrected chi connectivity index (χ2v) is 7.42. The molecule has 2 aromatic carbocycles. The summed E-state index contributed by atoms with van der Waals surface area (Å²) in [6, 6.07) is 11.5. The maximum Gasteiger partial charge on any atom is 0.124 e. The van der Waals surface area contributed by atoms with Crippen molar-refractivity contribution in [2.45, 2.75) is 26.5 Å². The highest BCUT2D eigenvalue weighted by molar-refractivity contribution is 9.10. The van der Waals surface area contributed by atoms with Crippen molar-refractivity contribution < 1.29 is 4.74 Å². The van der Waals surface area contributed by atoms with Gasteiger partial charge in [0.05, 0.1) is 0 Å². The molecule has 0 heterocycles. The van der Waals surface area contributed by atoms with E-state index in [1.807, 2.05) is 24.3 Å². The second-order valence-electron chi connectivity index (χ2n) is 5.66. The van der Waals surface area contributed by atoms with Crippen molar-refractivity contribution in [1.29, 1.82) is 0 Å². The van der Waals surface area contributed by atoms with Crippen LogP contribution in [0.5, 0.6) is 5.75 Å². The molecule has 0 fully saturated rings. The van der Waals surface area contributed by atoms with Crippen molar-refractivity contribution >= 4 is 39.1 Å². The summed E-state index contributed by atoms with van der Waals surface area (Å²) < 4.78 is 7.03. The van der Waals surface area contributed by atoms with Crippen LogP contribution >= 0.6 is 39.1 Å². The van der Waals surface area contributed by atoms with Gasteiger partial charge in [-0.05, 0) is 56.4 Å². The normalized spacial score (nSPS) is 10.9. The van der Waals surface area contributed by atoms with E-state index in [-0.39, 0.29) is 0 Å². The maximum absolute atomic E-state index is 6.21. The van der Waals surface area contributed by atoms with Gasteiger partial charge in [0, 0.05) is 32.2 Å². The number of hydrogen-bond donors (Lipinski definition) is 2.